The number of aliphatic imine (C=N–C) groups is 1. The van der Waals surface area contributed by atoms with Crippen LogP contribution >= 0.6 is 0 Å². The quantitative estimate of drug-likeness (QED) is 0.693. The minimum atomic E-state index is -4.78. The van der Waals surface area contributed by atoms with Crippen molar-refractivity contribution in [1.29, 1.82) is 0 Å². The highest BCUT2D eigenvalue weighted by atomic mass is 32.2. The summed E-state index contributed by atoms with van der Waals surface area (Å²) in [6, 6.07) is 11.2. The average molecular weight is 427 g/mol. The van der Waals surface area contributed by atoms with Gasteiger partial charge in [-0.25, -0.2) is 8.42 Å². The lowest BCUT2D eigenvalue weighted by Crippen LogP contribution is -2.22. The maximum atomic E-state index is 12.1. The van der Waals surface area contributed by atoms with Gasteiger partial charge in [-0.15, -0.1) is 13.2 Å². The second-order valence-corrected chi connectivity index (χ2v) is 7.71. The Morgan fingerprint density at radius 2 is 1.79 bits per heavy atom. The van der Waals surface area contributed by atoms with Crippen molar-refractivity contribution in [3.63, 3.8) is 0 Å². The second-order valence-electron chi connectivity index (χ2n) is 6.06. The smallest absolute Gasteiger partial charge is 0.406 e. The van der Waals surface area contributed by atoms with Crippen molar-refractivity contribution in [2.45, 2.75) is 24.1 Å². The Hall–Kier alpha value is -3.08. The number of hydrogen-bond acceptors (Lipinski definition) is 5. The fourth-order valence-electron chi connectivity index (χ4n) is 2.65. The number of halogens is 3. The average Bonchev–Trinajstić information content (AvgIpc) is 2.90. The van der Waals surface area contributed by atoms with Crippen LogP contribution in [0.15, 0.2) is 58.4 Å². The monoisotopic (exact) mass is 427 g/mol. The van der Waals surface area contributed by atoms with Gasteiger partial charge in [0.1, 0.15) is 11.6 Å². The number of anilines is 1. The van der Waals surface area contributed by atoms with Crippen LogP contribution < -0.4 is 14.8 Å². The van der Waals surface area contributed by atoms with E-state index in [1.807, 2.05) is 0 Å². The van der Waals surface area contributed by atoms with Gasteiger partial charge in [0.25, 0.3) is 10.0 Å². The molecule has 0 spiro atoms. The molecule has 0 atom stereocenters. The van der Waals surface area contributed by atoms with Gasteiger partial charge in [-0.2, -0.15) is 0 Å². The van der Waals surface area contributed by atoms with Gasteiger partial charge in [0.15, 0.2) is 0 Å². The van der Waals surface area contributed by atoms with Gasteiger partial charge < -0.3 is 10.1 Å². The van der Waals surface area contributed by atoms with E-state index in [-0.39, 0.29) is 35.4 Å². The Bertz CT molecular complexity index is 1040. The minimum Gasteiger partial charge on any atom is -0.406 e. The fourth-order valence-corrected chi connectivity index (χ4v) is 3.90. The number of sulfonamides is 1. The number of fused-ring (bicyclic) bond motifs is 1. The SMILES string of the molecule is O=C(CCCN=C1NS(=O)(=O)c2ccccc21)Nc1ccc(OC(F)(F)F)cc1. The zero-order valence-electron chi connectivity index (χ0n) is 14.9. The van der Waals surface area contributed by atoms with Crippen molar-refractivity contribution in [3.8, 4) is 5.75 Å². The summed E-state index contributed by atoms with van der Waals surface area (Å²) in [6.07, 6.45) is -4.32. The number of benzene rings is 2. The molecule has 0 radical (unpaired) electrons. The largest absolute Gasteiger partial charge is 0.573 e. The lowest BCUT2D eigenvalue weighted by Gasteiger charge is -2.09. The van der Waals surface area contributed by atoms with Crippen molar-refractivity contribution in [1.82, 2.24) is 4.72 Å². The predicted molar refractivity (Wildman–Crippen MR) is 99.2 cm³/mol. The van der Waals surface area contributed by atoms with Crippen molar-refractivity contribution in [2.24, 2.45) is 4.99 Å². The van der Waals surface area contributed by atoms with Gasteiger partial charge >= 0.3 is 6.36 Å². The van der Waals surface area contributed by atoms with E-state index in [0.717, 1.165) is 12.1 Å². The van der Waals surface area contributed by atoms with Crippen molar-refractivity contribution < 1.29 is 31.1 Å². The van der Waals surface area contributed by atoms with Gasteiger partial charge in [-0.3, -0.25) is 14.5 Å². The molecule has 0 fully saturated rings. The molecule has 11 heteroatoms. The Kier molecular flexibility index (Phi) is 5.78. The third-order valence-electron chi connectivity index (χ3n) is 3.87. The van der Waals surface area contributed by atoms with Gasteiger partial charge in [0.2, 0.25) is 5.91 Å². The zero-order valence-corrected chi connectivity index (χ0v) is 15.7. The molecule has 7 nitrogen and oxygen atoms in total. The molecular formula is C18H16F3N3O4S. The highest BCUT2D eigenvalue weighted by molar-refractivity contribution is 7.90. The maximum absolute atomic E-state index is 12.1. The number of carbonyl (C=O) groups excluding carboxylic acids is 1. The van der Waals surface area contributed by atoms with E-state index in [2.05, 4.69) is 19.8 Å². The molecule has 0 unspecified atom stereocenters. The number of amides is 1. The van der Waals surface area contributed by atoms with Crippen LogP contribution in [0.5, 0.6) is 5.75 Å². The summed E-state index contributed by atoms with van der Waals surface area (Å²) in [7, 11) is -3.60. The van der Waals surface area contributed by atoms with Crippen LogP contribution in [-0.2, 0) is 14.8 Å². The first-order valence-corrected chi connectivity index (χ1v) is 9.95. The highest BCUT2D eigenvalue weighted by Crippen LogP contribution is 2.24. The first kappa shape index (κ1) is 20.6. The molecule has 29 heavy (non-hydrogen) atoms. The van der Waals surface area contributed by atoms with E-state index in [0.29, 0.717) is 17.7 Å². The van der Waals surface area contributed by atoms with Crippen LogP contribution in [-0.4, -0.2) is 33.1 Å². The Morgan fingerprint density at radius 3 is 2.48 bits per heavy atom. The Balaban J connectivity index is 1.49. The summed E-state index contributed by atoms with van der Waals surface area (Å²) >= 11 is 0. The summed E-state index contributed by atoms with van der Waals surface area (Å²) in [5.74, 6) is -0.492. The highest BCUT2D eigenvalue weighted by Gasteiger charge is 2.31. The molecule has 0 aliphatic carbocycles. The van der Waals surface area contributed by atoms with E-state index < -0.39 is 16.4 Å². The first-order valence-electron chi connectivity index (χ1n) is 8.46. The van der Waals surface area contributed by atoms with Crippen LogP contribution in [0.25, 0.3) is 0 Å². The molecule has 2 aromatic carbocycles. The van der Waals surface area contributed by atoms with Crippen molar-refractivity contribution in [2.75, 3.05) is 11.9 Å². The number of amidine groups is 1. The molecule has 0 aromatic heterocycles. The summed E-state index contributed by atoms with van der Waals surface area (Å²) < 4.78 is 66.5. The predicted octanol–water partition coefficient (Wildman–Crippen LogP) is 3.04. The van der Waals surface area contributed by atoms with Gasteiger partial charge in [-0.05, 0) is 42.8 Å². The number of carbonyl (C=O) groups is 1. The van der Waals surface area contributed by atoms with Crippen LogP contribution in [0.1, 0.15) is 18.4 Å². The van der Waals surface area contributed by atoms with Crippen molar-refractivity contribution >= 4 is 27.5 Å². The number of rotatable bonds is 6. The molecule has 154 valence electrons. The number of nitrogens with one attached hydrogen (secondary N) is 2. The van der Waals surface area contributed by atoms with E-state index in [1.165, 1.54) is 18.2 Å². The fraction of sp³-hybridized carbons (Fsp3) is 0.222. The van der Waals surface area contributed by atoms with Gasteiger partial charge in [0, 0.05) is 24.2 Å². The number of ether oxygens (including phenoxy) is 1. The molecule has 3 rings (SSSR count). The summed E-state index contributed by atoms with van der Waals surface area (Å²) in [6.45, 7) is 0.220. The molecular weight excluding hydrogens is 411 g/mol. The standard InChI is InChI=1S/C18H16F3N3O4S/c19-18(20,21)28-13-9-7-12(8-10-13)23-16(25)6-3-11-22-17-14-4-1-2-5-15(14)29(26,27)24-17/h1-2,4-5,7-10H,3,6,11H2,(H,22,24)(H,23,25). The first-order chi connectivity index (χ1) is 13.6. The molecule has 0 saturated heterocycles. The summed E-state index contributed by atoms with van der Waals surface area (Å²) in [5, 5.41) is 2.55. The topological polar surface area (TPSA) is 96.9 Å². The van der Waals surface area contributed by atoms with Crippen molar-refractivity contribution in [3.05, 3.63) is 54.1 Å². The van der Waals surface area contributed by atoms with E-state index >= 15 is 0 Å². The Morgan fingerprint density at radius 1 is 1.10 bits per heavy atom. The second kappa shape index (κ2) is 8.11. The maximum Gasteiger partial charge on any atom is 0.573 e. The van der Waals surface area contributed by atoms with Crippen LogP contribution in [0.4, 0.5) is 18.9 Å². The number of alkyl halides is 3. The molecule has 1 amide bonds. The molecule has 2 aromatic rings. The lowest BCUT2D eigenvalue weighted by atomic mass is 10.2. The minimum absolute atomic E-state index is 0.103. The van der Waals surface area contributed by atoms with Crippen LogP contribution in [0, 0.1) is 0 Å². The number of nitrogens with zero attached hydrogens (tertiary/aromatic N) is 1. The third kappa shape index (κ3) is 5.47. The molecule has 1 aliphatic heterocycles. The Labute approximate surface area is 164 Å². The van der Waals surface area contributed by atoms with Gasteiger partial charge in [-0.1, -0.05) is 12.1 Å². The molecule has 2 N–H and O–H groups in total. The van der Waals surface area contributed by atoms with E-state index in [9.17, 15) is 26.4 Å². The molecule has 1 aliphatic rings. The molecule has 1 heterocycles. The zero-order chi connectivity index (χ0) is 21.1. The molecule has 0 bridgehead atoms. The van der Waals surface area contributed by atoms with Crippen LogP contribution in [0.2, 0.25) is 0 Å². The van der Waals surface area contributed by atoms with E-state index in [1.54, 1.807) is 18.2 Å². The van der Waals surface area contributed by atoms with E-state index in [4.69, 9.17) is 0 Å². The normalized spacial score (nSPS) is 16.2. The van der Waals surface area contributed by atoms with Gasteiger partial charge in [0.05, 0.1) is 4.90 Å². The summed E-state index contributed by atoms with van der Waals surface area (Å²) in [5.41, 5.74) is 0.812. The van der Waals surface area contributed by atoms with Crippen LogP contribution in [0.3, 0.4) is 0 Å². The number of hydrogen-bond donors (Lipinski definition) is 2. The third-order valence-corrected chi connectivity index (χ3v) is 5.26. The molecule has 0 saturated carbocycles. The summed E-state index contributed by atoms with van der Waals surface area (Å²) in [4.78, 5) is 16.3. The lowest BCUT2D eigenvalue weighted by molar-refractivity contribution is -0.274.